The van der Waals surface area contributed by atoms with Gasteiger partial charge in [0.25, 0.3) is 6.01 Å². The van der Waals surface area contributed by atoms with Gasteiger partial charge in [0.1, 0.15) is 11.3 Å². The summed E-state index contributed by atoms with van der Waals surface area (Å²) in [5, 5.41) is 2.68. The van der Waals surface area contributed by atoms with E-state index in [9.17, 15) is 9.59 Å². The van der Waals surface area contributed by atoms with E-state index in [0.717, 1.165) is 11.1 Å². The van der Waals surface area contributed by atoms with Crippen LogP contribution in [0.25, 0.3) is 11.1 Å². The lowest BCUT2D eigenvalue weighted by Gasteiger charge is -2.29. The second-order valence-corrected chi connectivity index (χ2v) is 6.85. The zero-order valence-electron chi connectivity index (χ0n) is 15.6. The molecule has 0 bridgehead atoms. The second-order valence-electron chi connectivity index (χ2n) is 6.85. The van der Waals surface area contributed by atoms with Crippen molar-refractivity contribution in [3.63, 3.8) is 0 Å². The summed E-state index contributed by atoms with van der Waals surface area (Å²) in [6.45, 7) is 2.82. The molecule has 2 aromatic carbocycles. The van der Waals surface area contributed by atoms with Gasteiger partial charge in [-0.2, -0.15) is 4.98 Å². The van der Waals surface area contributed by atoms with E-state index in [-0.39, 0.29) is 17.8 Å². The number of oxazole rings is 1. The van der Waals surface area contributed by atoms with Gasteiger partial charge < -0.3 is 19.4 Å². The number of aromatic nitrogens is 1. The number of anilines is 2. The van der Waals surface area contributed by atoms with Crippen molar-refractivity contribution in [2.75, 3.05) is 23.3 Å². The van der Waals surface area contributed by atoms with Crippen LogP contribution in [0.15, 0.2) is 52.9 Å². The molecule has 1 amide bonds. The van der Waals surface area contributed by atoms with Gasteiger partial charge in [0.05, 0.1) is 5.92 Å². The van der Waals surface area contributed by atoms with Crippen molar-refractivity contribution in [2.24, 2.45) is 5.92 Å². The topological polar surface area (TPSA) is 84.7 Å². The molecule has 144 valence electrons. The molecule has 1 saturated heterocycles. The molecule has 2 heterocycles. The molecule has 0 saturated carbocycles. The van der Waals surface area contributed by atoms with E-state index in [2.05, 4.69) is 15.2 Å². The van der Waals surface area contributed by atoms with E-state index in [0.29, 0.717) is 43.4 Å². The molecule has 1 aliphatic heterocycles. The lowest BCUT2D eigenvalue weighted by atomic mass is 9.97. The Morgan fingerprint density at radius 3 is 2.50 bits per heavy atom. The number of hydrogen-bond acceptors (Lipinski definition) is 6. The van der Waals surface area contributed by atoms with Gasteiger partial charge in [-0.25, -0.2) is 0 Å². The first-order chi connectivity index (χ1) is 13.6. The predicted molar refractivity (Wildman–Crippen MR) is 105 cm³/mol. The van der Waals surface area contributed by atoms with E-state index < -0.39 is 0 Å². The molecule has 0 unspecified atom stereocenters. The van der Waals surface area contributed by atoms with Crippen molar-refractivity contribution in [3.8, 4) is 5.75 Å². The van der Waals surface area contributed by atoms with E-state index in [4.69, 9.17) is 9.15 Å². The summed E-state index contributed by atoms with van der Waals surface area (Å²) >= 11 is 0. The van der Waals surface area contributed by atoms with Crippen molar-refractivity contribution in [1.29, 1.82) is 0 Å². The molecule has 3 aromatic rings. The number of esters is 1. The minimum Gasteiger partial charge on any atom is -0.426 e. The maximum Gasteiger partial charge on any atom is 0.314 e. The lowest BCUT2D eigenvalue weighted by Crippen LogP contribution is -2.37. The van der Waals surface area contributed by atoms with Crippen molar-refractivity contribution < 1.29 is 18.7 Å². The predicted octanol–water partition coefficient (Wildman–Crippen LogP) is 3.61. The van der Waals surface area contributed by atoms with Gasteiger partial charge in [0.15, 0.2) is 5.58 Å². The number of amides is 1. The average Bonchev–Trinajstić information content (AvgIpc) is 3.13. The van der Waals surface area contributed by atoms with Gasteiger partial charge >= 0.3 is 5.97 Å². The lowest BCUT2D eigenvalue weighted by molar-refractivity contribution is -0.139. The van der Waals surface area contributed by atoms with Crippen molar-refractivity contribution in [2.45, 2.75) is 19.8 Å². The zero-order chi connectivity index (χ0) is 19.5. The highest BCUT2D eigenvalue weighted by Gasteiger charge is 2.28. The molecule has 1 N–H and O–H groups in total. The Bertz CT molecular complexity index is 955. The molecule has 7 heteroatoms. The Labute approximate surface area is 162 Å². The van der Waals surface area contributed by atoms with Gasteiger partial charge in [0.2, 0.25) is 5.91 Å². The van der Waals surface area contributed by atoms with E-state index in [1.807, 2.05) is 24.3 Å². The summed E-state index contributed by atoms with van der Waals surface area (Å²) in [7, 11) is 0. The number of benzene rings is 2. The maximum absolute atomic E-state index is 12.5. The average molecular weight is 379 g/mol. The summed E-state index contributed by atoms with van der Waals surface area (Å²) in [6, 6.07) is 15.0. The highest BCUT2D eigenvalue weighted by molar-refractivity contribution is 5.88. The maximum atomic E-state index is 12.5. The van der Waals surface area contributed by atoms with E-state index in [1.54, 1.807) is 24.3 Å². The molecule has 4 rings (SSSR count). The Balaban J connectivity index is 1.33. The number of carbonyl (C=O) groups excluding carboxylic acids is 2. The summed E-state index contributed by atoms with van der Waals surface area (Å²) in [5.74, 6) is -0.0592. The van der Waals surface area contributed by atoms with Gasteiger partial charge in [-0.1, -0.05) is 12.1 Å². The zero-order valence-corrected chi connectivity index (χ0v) is 15.6. The first-order valence-corrected chi connectivity index (χ1v) is 9.28. The minimum atomic E-state index is -0.232. The molecule has 28 heavy (non-hydrogen) atoms. The second kappa shape index (κ2) is 7.72. The summed E-state index contributed by atoms with van der Waals surface area (Å²) in [5.41, 5.74) is 2.27. The standard InChI is InChI=1S/C21H21N3O4/c1-14(25)22-16-6-8-17(9-7-16)27-20(26)15-10-12-24(13-11-15)21-23-18-4-2-3-5-19(18)28-21/h2-9,15H,10-13H2,1H3,(H,22,25). The molecular formula is C21H21N3O4. The van der Waals surface area contributed by atoms with Gasteiger partial charge in [-0.3, -0.25) is 9.59 Å². The Kier molecular flexibility index (Phi) is 4.97. The van der Waals surface area contributed by atoms with Crippen LogP contribution in [0.3, 0.4) is 0 Å². The fourth-order valence-corrected chi connectivity index (χ4v) is 3.31. The SMILES string of the molecule is CC(=O)Nc1ccc(OC(=O)C2CCN(c3nc4ccccc4o3)CC2)cc1. The number of carbonyl (C=O) groups is 2. The number of piperidine rings is 1. The summed E-state index contributed by atoms with van der Waals surface area (Å²) in [4.78, 5) is 30.1. The van der Waals surface area contributed by atoms with Gasteiger partial charge in [-0.15, -0.1) is 0 Å². The van der Waals surface area contributed by atoms with Crippen LogP contribution in [0, 0.1) is 5.92 Å². The van der Waals surface area contributed by atoms with Crippen LogP contribution in [0.4, 0.5) is 11.7 Å². The number of hydrogen-bond donors (Lipinski definition) is 1. The van der Waals surface area contributed by atoms with Crippen molar-refractivity contribution in [3.05, 3.63) is 48.5 Å². The number of nitrogens with one attached hydrogen (secondary N) is 1. The number of nitrogens with zero attached hydrogens (tertiary/aromatic N) is 2. The number of rotatable bonds is 4. The van der Waals surface area contributed by atoms with Crippen LogP contribution in [0.5, 0.6) is 5.75 Å². The van der Waals surface area contributed by atoms with Crippen molar-refractivity contribution in [1.82, 2.24) is 4.98 Å². The smallest absolute Gasteiger partial charge is 0.314 e. The van der Waals surface area contributed by atoms with Crippen LogP contribution < -0.4 is 15.0 Å². The van der Waals surface area contributed by atoms with Crippen LogP contribution in [-0.2, 0) is 9.59 Å². The third kappa shape index (κ3) is 3.98. The molecule has 0 spiro atoms. The summed E-state index contributed by atoms with van der Waals surface area (Å²) in [6.07, 6.45) is 1.36. The highest BCUT2D eigenvalue weighted by Crippen LogP contribution is 2.27. The van der Waals surface area contributed by atoms with Crippen molar-refractivity contribution >= 4 is 34.7 Å². The third-order valence-electron chi connectivity index (χ3n) is 4.77. The minimum absolute atomic E-state index is 0.143. The fraction of sp³-hybridized carbons (Fsp3) is 0.286. The molecule has 7 nitrogen and oxygen atoms in total. The Morgan fingerprint density at radius 2 is 1.82 bits per heavy atom. The van der Waals surface area contributed by atoms with Gasteiger partial charge in [0, 0.05) is 25.7 Å². The van der Waals surface area contributed by atoms with Crippen LogP contribution in [0.2, 0.25) is 0 Å². The Morgan fingerprint density at radius 1 is 1.11 bits per heavy atom. The highest BCUT2D eigenvalue weighted by atomic mass is 16.5. The normalized spacial score (nSPS) is 14.8. The molecule has 0 aliphatic carbocycles. The molecule has 1 fully saturated rings. The molecular weight excluding hydrogens is 358 g/mol. The summed E-state index contributed by atoms with van der Waals surface area (Å²) < 4.78 is 11.3. The van der Waals surface area contributed by atoms with E-state index in [1.165, 1.54) is 6.92 Å². The quantitative estimate of drug-likeness (QED) is 0.551. The molecule has 1 aliphatic rings. The van der Waals surface area contributed by atoms with Gasteiger partial charge in [-0.05, 0) is 49.2 Å². The Hall–Kier alpha value is -3.35. The fourth-order valence-electron chi connectivity index (χ4n) is 3.31. The molecule has 0 radical (unpaired) electrons. The first kappa shape index (κ1) is 18.0. The largest absolute Gasteiger partial charge is 0.426 e. The number of ether oxygens (including phenoxy) is 1. The van der Waals surface area contributed by atoms with Crippen LogP contribution >= 0.6 is 0 Å². The molecule has 0 atom stereocenters. The van der Waals surface area contributed by atoms with Crippen LogP contribution in [0.1, 0.15) is 19.8 Å². The third-order valence-corrected chi connectivity index (χ3v) is 4.77. The van der Waals surface area contributed by atoms with Crippen LogP contribution in [-0.4, -0.2) is 29.9 Å². The van der Waals surface area contributed by atoms with E-state index >= 15 is 0 Å². The molecule has 1 aromatic heterocycles. The first-order valence-electron chi connectivity index (χ1n) is 9.28. The monoisotopic (exact) mass is 379 g/mol. The number of para-hydroxylation sites is 2. The number of fused-ring (bicyclic) bond motifs is 1.